The van der Waals surface area contributed by atoms with E-state index in [4.69, 9.17) is 34.8 Å². The van der Waals surface area contributed by atoms with E-state index >= 15 is 0 Å². The van der Waals surface area contributed by atoms with E-state index in [1.54, 1.807) is 0 Å². The van der Waals surface area contributed by atoms with Gasteiger partial charge in [-0.25, -0.2) is 17.6 Å². The van der Waals surface area contributed by atoms with Gasteiger partial charge in [0.25, 0.3) is 11.8 Å². The van der Waals surface area contributed by atoms with Crippen LogP contribution in [-0.2, 0) is 4.79 Å². The SMILES string of the molecule is O=C(Nc1ccc(F)cc1F)c1cc(NC(=O)C2C(c3cc(Cl)cc(Cl)c3)C2(F)F)ccc1Cl. The van der Waals surface area contributed by atoms with Crippen molar-refractivity contribution < 1.29 is 27.2 Å². The highest BCUT2D eigenvalue weighted by Crippen LogP contribution is 2.62. The van der Waals surface area contributed by atoms with E-state index in [0.29, 0.717) is 6.07 Å². The highest BCUT2D eigenvalue weighted by molar-refractivity contribution is 6.35. The molecule has 4 rings (SSSR count). The van der Waals surface area contributed by atoms with Crippen LogP contribution in [0.4, 0.5) is 28.9 Å². The molecule has 0 aliphatic heterocycles. The molecule has 2 atom stereocenters. The second-order valence-electron chi connectivity index (χ2n) is 7.59. The monoisotopic (exact) mass is 530 g/mol. The first kappa shape index (κ1) is 24.3. The number of halogens is 7. The van der Waals surface area contributed by atoms with Gasteiger partial charge in [-0.2, -0.15) is 0 Å². The molecule has 2 amide bonds. The average Bonchev–Trinajstić information content (AvgIpc) is 3.33. The predicted octanol–water partition coefficient (Wildman–Crippen LogP) is 7.16. The Morgan fingerprint density at radius 1 is 0.853 bits per heavy atom. The smallest absolute Gasteiger partial charge is 0.268 e. The first-order valence-electron chi connectivity index (χ1n) is 9.68. The summed E-state index contributed by atoms with van der Waals surface area (Å²) in [6.07, 6.45) is 0. The number of amides is 2. The fraction of sp³-hybridized carbons (Fsp3) is 0.130. The molecule has 0 radical (unpaired) electrons. The lowest BCUT2D eigenvalue weighted by Crippen LogP contribution is -2.19. The third-order valence-electron chi connectivity index (χ3n) is 5.24. The molecule has 3 aromatic carbocycles. The number of benzene rings is 3. The quantitative estimate of drug-likeness (QED) is 0.343. The summed E-state index contributed by atoms with van der Waals surface area (Å²) in [5.41, 5.74) is -0.314. The zero-order valence-electron chi connectivity index (χ0n) is 16.8. The maximum atomic E-state index is 14.4. The molecule has 1 aliphatic rings. The van der Waals surface area contributed by atoms with E-state index in [2.05, 4.69) is 10.6 Å². The average molecular weight is 532 g/mol. The van der Waals surface area contributed by atoms with Crippen LogP contribution in [0.3, 0.4) is 0 Å². The zero-order chi connectivity index (χ0) is 24.8. The highest BCUT2D eigenvalue weighted by atomic mass is 35.5. The van der Waals surface area contributed by atoms with Crippen LogP contribution in [0.15, 0.2) is 54.6 Å². The van der Waals surface area contributed by atoms with E-state index in [0.717, 1.165) is 18.2 Å². The topological polar surface area (TPSA) is 58.2 Å². The number of carbonyl (C=O) groups is 2. The predicted molar refractivity (Wildman–Crippen MR) is 122 cm³/mol. The van der Waals surface area contributed by atoms with Gasteiger partial charge in [0.1, 0.15) is 17.6 Å². The Morgan fingerprint density at radius 3 is 2.18 bits per heavy atom. The molecule has 0 heterocycles. The van der Waals surface area contributed by atoms with Crippen LogP contribution in [-0.4, -0.2) is 17.7 Å². The highest BCUT2D eigenvalue weighted by Gasteiger charge is 2.72. The molecule has 0 saturated heterocycles. The summed E-state index contributed by atoms with van der Waals surface area (Å²) in [7, 11) is 0. The summed E-state index contributed by atoms with van der Waals surface area (Å²) in [4.78, 5) is 25.1. The maximum Gasteiger partial charge on any atom is 0.268 e. The molecule has 0 aromatic heterocycles. The molecular weight excluding hydrogens is 519 g/mol. The standard InChI is InChI=1S/C23H13Cl3F4N2O2/c24-11-5-10(6-12(25)7-11)19-20(23(19,29)30)22(34)31-14-2-3-16(26)15(9-14)21(33)32-18-4-1-13(27)8-17(18)28/h1-9,19-20H,(H,31,34)(H,32,33). The zero-order valence-corrected chi connectivity index (χ0v) is 19.1. The lowest BCUT2D eigenvalue weighted by Gasteiger charge is -2.11. The molecule has 1 fully saturated rings. The molecule has 34 heavy (non-hydrogen) atoms. The van der Waals surface area contributed by atoms with Crippen molar-refractivity contribution in [3.05, 3.63) is 92.4 Å². The fourth-order valence-corrected chi connectivity index (χ4v) is 4.35. The Kier molecular flexibility index (Phi) is 6.50. The van der Waals surface area contributed by atoms with Crippen molar-refractivity contribution in [2.45, 2.75) is 11.8 Å². The molecule has 0 bridgehead atoms. The van der Waals surface area contributed by atoms with Gasteiger partial charge in [-0.3, -0.25) is 9.59 Å². The summed E-state index contributed by atoms with van der Waals surface area (Å²) in [5, 5.41) is 4.87. The van der Waals surface area contributed by atoms with Gasteiger partial charge in [0.2, 0.25) is 5.91 Å². The van der Waals surface area contributed by atoms with Crippen LogP contribution < -0.4 is 10.6 Å². The lowest BCUT2D eigenvalue weighted by atomic mass is 10.1. The lowest BCUT2D eigenvalue weighted by molar-refractivity contribution is -0.119. The number of hydrogen-bond acceptors (Lipinski definition) is 2. The third-order valence-corrected chi connectivity index (χ3v) is 6.00. The Balaban J connectivity index is 1.52. The van der Waals surface area contributed by atoms with Crippen LogP contribution in [0.2, 0.25) is 15.1 Å². The van der Waals surface area contributed by atoms with Gasteiger partial charge in [0.05, 0.1) is 22.2 Å². The van der Waals surface area contributed by atoms with Crippen molar-refractivity contribution >= 4 is 58.0 Å². The van der Waals surface area contributed by atoms with Crippen LogP contribution in [0.25, 0.3) is 0 Å². The van der Waals surface area contributed by atoms with Gasteiger partial charge in [-0.05, 0) is 54.1 Å². The molecule has 1 aliphatic carbocycles. The number of hydrogen-bond donors (Lipinski definition) is 2. The maximum absolute atomic E-state index is 14.4. The number of nitrogens with one attached hydrogen (secondary N) is 2. The van der Waals surface area contributed by atoms with E-state index in [1.165, 1.54) is 30.3 Å². The van der Waals surface area contributed by atoms with Gasteiger partial charge in [-0.1, -0.05) is 34.8 Å². The van der Waals surface area contributed by atoms with Gasteiger partial charge >= 0.3 is 0 Å². The summed E-state index contributed by atoms with van der Waals surface area (Å²) in [6.45, 7) is 0. The Bertz CT molecular complexity index is 1300. The van der Waals surface area contributed by atoms with Gasteiger partial charge in [0.15, 0.2) is 0 Å². The van der Waals surface area contributed by atoms with Gasteiger partial charge < -0.3 is 10.6 Å². The largest absolute Gasteiger partial charge is 0.326 e. The minimum Gasteiger partial charge on any atom is -0.326 e. The summed E-state index contributed by atoms with van der Waals surface area (Å²) in [5.74, 6) is -10.1. The van der Waals surface area contributed by atoms with Crippen molar-refractivity contribution in [2.24, 2.45) is 5.92 Å². The van der Waals surface area contributed by atoms with Crippen LogP contribution >= 0.6 is 34.8 Å². The van der Waals surface area contributed by atoms with Crippen molar-refractivity contribution in [1.29, 1.82) is 0 Å². The molecule has 176 valence electrons. The van der Waals surface area contributed by atoms with Gasteiger partial charge in [0, 0.05) is 21.8 Å². The Morgan fingerprint density at radius 2 is 1.53 bits per heavy atom. The van der Waals surface area contributed by atoms with E-state index in [-0.39, 0.29) is 37.6 Å². The molecule has 1 saturated carbocycles. The second-order valence-corrected chi connectivity index (χ2v) is 8.87. The van der Waals surface area contributed by atoms with Crippen LogP contribution in [0, 0.1) is 17.6 Å². The van der Waals surface area contributed by atoms with Crippen molar-refractivity contribution in [3.63, 3.8) is 0 Å². The van der Waals surface area contributed by atoms with Gasteiger partial charge in [-0.15, -0.1) is 0 Å². The van der Waals surface area contributed by atoms with Crippen LogP contribution in [0.1, 0.15) is 21.8 Å². The molecule has 0 spiro atoms. The molecule has 11 heteroatoms. The van der Waals surface area contributed by atoms with Crippen molar-refractivity contribution in [1.82, 2.24) is 0 Å². The fourth-order valence-electron chi connectivity index (χ4n) is 3.60. The van der Waals surface area contributed by atoms with E-state index < -0.39 is 41.2 Å². The second kappa shape index (κ2) is 9.09. The van der Waals surface area contributed by atoms with Crippen molar-refractivity contribution in [2.75, 3.05) is 10.6 Å². The first-order valence-corrected chi connectivity index (χ1v) is 10.8. The third kappa shape index (κ3) is 4.85. The number of alkyl halides is 2. The number of anilines is 2. The summed E-state index contributed by atoms with van der Waals surface area (Å²) >= 11 is 17.8. The van der Waals surface area contributed by atoms with Crippen LogP contribution in [0.5, 0.6) is 0 Å². The first-order chi connectivity index (χ1) is 16.0. The van der Waals surface area contributed by atoms with E-state index in [1.807, 2.05) is 0 Å². The minimum absolute atomic E-state index is 0.0182. The number of carbonyl (C=O) groups excluding carboxylic acids is 2. The Labute approximate surface area is 205 Å². The summed E-state index contributed by atoms with van der Waals surface area (Å²) in [6, 6.07) is 10.3. The minimum atomic E-state index is -3.33. The molecule has 4 nitrogen and oxygen atoms in total. The normalized spacial score (nSPS) is 18.3. The van der Waals surface area contributed by atoms with Crippen molar-refractivity contribution in [3.8, 4) is 0 Å². The van der Waals surface area contributed by atoms with E-state index in [9.17, 15) is 27.2 Å². The molecule has 3 aromatic rings. The summed E-state index contributed by atoms with van der Waals surface area (Å²) < 4.78 is 55.8. The number of rotatable bonds is 5. The molecule has 2 unspecified atom stereocenters. The molecule has 2 N–H and O–H groups in total. The molecular formula is C23H13Cl3F4N2O2. The Hall–Kier alpha value is -2.81.